The molecule has 1 unspecified atom stereocenters. The Labute approximate surface area is 110 Å². The molecule has 0 aromatic carbocycles. The predicted octanol–water partition coefficient (Wildman–Crippen LogP) is 0.775. The molecule has 0 spiro atoms. The second kappa shape index (κ2) is 5.91. The monoisotopic (exact) mass is 275 g/mol. The van der Waals surface area contributed by atoms with E-state index < -0.39 is 9.84 Å². The van der Waals surface area contributed by atoms with Crippen molar-refractivity contribution in [2.45, 2.75) is 39.7 Å². The number of hydrogen-bond acceptors (Lipinski definition) is 3. The summed E-state index contributed by atoms with van der Waals surface area (Å²) in [5.74, 6) is 1.19. The molecule has 18 heavy (non-hydrogen) atoms. The van der Waals surface area contributed by atoms with Crippen molar-refractivity contribution in [1.82, 2.24) is 10.6 Å². The van der Waals surface area contributed by atoms with Gasteiger partial charge in [0.2, 0.25) is 0 Å². The lowest BCUT2D eigenvalue weighted by Crippen LogP contribution is -2.44. The molecule has 106 valence electrons. The lowest BCUT2D eigenvalue weighted by atomic mass is 9.92. The fourth-order valence-electron chi connectivity index (χ4n) is 1.85. The third-order valence-electron chi connectivity index (χ3n) is 2.96. The molecule has 0 amide bonds. The van der Waals surface area contributed by atoms with Gasteiger partial charge in [-0.05, 0) is 18.3 Å². The summed E-state index contributed by atoms with van der Waals surface area (Å²) in [6.07, 6.45) is 1.71. The molecule has 1 saturated heterocycles. The Morgan fingerprint density at radius 1 is 1.39 bits per heavy atom. The van der Waals surface area contributed by atoms with Crippen LogP contribution >= 0.6 is 0 Å². The van der Waals surface area contributed by atoms with Gasteiger partial charge in [0.25, 0.3) is 0 Å². The highest BCUT2D eigenvalue weighted by molar-refractivity contribution is 7.91. The van der Waals surface area contributed by atoms with Crippen molar-refractivity contribution >= 4 is 15.8 Å². The number of sulfone groups is 1. The summed E-state index contributed by atoms with van der Waals surface area (Å²) >= 11 is 0. The molecule has 1 heterocycles. The zero-order chi connectivity index (χ0) is 13.8. The molecule has 1 rings (SSSR count). The van der Waals surface area contributed by atoms with Crippen LogP contribution in [0.3, 0.4) is 0 Å². The Balaban J connectivity index is 2.35. The van der Waals surface area contributed by atoms with Crippen molar-refractivity contribution in [3.8, 4) is 0 Å². The standard InChI is InChI=1S/C12H25N3O2S/c1-12(2,3)6-7-14-11(13-4)15-10-5-8-18(16,17)9-10/h10H,5-9H2,1-4H3,(H2,13,14,15). The van der Waals surface area contributed by atoms with E-state index in [0.29, 0.717) is 12.4 Å². The van der Waals surface area contributed by atoms with Crippen LogP contribution in [0.2, 0.25) is 0 Å². The number of hydrogen-bond donors (Lipinski definition) is 2. The molecule has 1 aliphatic heterocycles. The van der Waals surface area contributed by atoms with E-state index in [9.17, 15) is 8.42 Å². The number of nitrogens with zero attached hydrogens (tertiary/aromatic N) is 1. The topological polar surface area (TPSA) is 70.6 Å². The molecule has 0 radical (unpaired) electrons. The molecule has 2 N–H and O–H groups in total. The van der Waals surface area contributed by atoms with Crippen molar-refractivity contribution in [2.75, 3.05) is 25.1 Å². The van der Waals surface area contributed by atoms with E-state index in [4.69, 9.17) is 0 Å². The maximum absolute atomic E-state index is 11.4. The van der Waals surface area contributed by atoms with Crippen LogP contribution in [0, 0.1) is 5.41 Å². The first kappa shape index (κ1) is 15.3. The van der Waals surface area contributed by atoms with Crippen LogP contribution in [0.5, 0.6) is 0 Å². The van der Waals surface area contributed by atoms with E-state index >= 15 is 0 Å². The van der Waals surface area contributed by atoms with Gasteiger partial charge in [0.05, 0.1) is 11.5 Å². The Morgan fingerprint density at radius 2 is 2.06 bits per heavy atom. The minimum absolute atomic E-state index is 0.00385. The first-order valence-corrected chi connectivity index (χ1v) is 8.22. The normalized spacial score (nSPS) is 24.0. The Hall–Kier alpha value is -0.780. The fraction of sp³-hybridized carbons (Fsp3) is 0.917. The summed E-state index contributed by atoms with van der Waals surface area (Å²) in [5, 5.41) is 6.39. The SMILES string of the molecule is CN=C(NCCC(C)(C)C)NC1CCS(=O)(=O)C1. The number of guanidine groups is 1. The van der Waals surface area contributed by atoms with Crippen molar-refractivity contribution in [2.24, 2.45) is 10.4 Å². The average Bonchev–Trinajstić information content (AvgIpc) is 2.55. The molecule has 0 aromatic rings. The molecule has 0 saturated carbocycles. The lowest BCUT2D eigenvalue weighted by molar-refractivity contribution is 0.377. The summed E-state index contributed by atoms with van der Waals surface area (Å²) in [5.41, 5.74) is 0.280. The van der Waals surface area contributed by atoms with Gasteiger partial charge in [-0.2, -0.15) is 0 Å². The van der Waals surface area contributed by atoms with Gasteiger partial charge in [-0.15, -0.1) is 0 Å². The predicted molar refractivity (Wildman–Crippen MR) is 75.6 cm³/mol. The van der Waals surface area contributed by atoms with Crippen LogP contribution in [0.15, 0.2) is 4.99 Å². The molecule has 1 fully saturated rings. The van der Waals surface area contributed by atoms with Crippen molar-refractivity contribution in [3.05, 3.63) is 0 Å². The summed E-state index contributed by atoms with van der Waals surface area (Å²) in [6, 6.07) is -0.00385. The number of rotatable bonds is 3. The van der Waals surface area contributed by atoms with Crippen LogP contribution in [-0.4, -0.2) is 45.5 Å². The maximum atomic E-state index is 11.4. The summed E-state index contributed by atoms with van der Waals surface area (Å²) in [7, 11) is -1.13. The zero-order valence-electron chi connectivity index (χ0n) is 11.8. The van der Waals surface area contributed by atoms with E-state index in [-0.39, 0.29) is 23.0 Å². The third-order valence-corrected chi connectivity index (χ3v) is 4.73. The largest absolute Gasteiger partial charge is 0.356 e. The smallest absolute Gasteiger partial charge is 0.191 e. The highest BCUT2D eigenvalue weighted by Gasteiger charge is 2.28. The number of aliphatic imine (C=N–C) groups is 1. The average molecular weight is 275 g/mol. The summed E-state index contributed by atoms with van der Waals surface area (Å²) in [4.78, 5) is 4.12. The van der Waals surface area contributed by atoms with Crippen LogP contribution in [0.1, 0.15) is 33.6 Å². The quantitative estimate of drug-likeness (QED) is 0.590. The minimum Gasteiger partial charge on any atom is -0.356 e. The lowest BCUT2D eigenvalue weighted by Gasteiger charge is -2.20. The van der Waals surface area contributed by atoms with E-state index in [2.05, 4.69) is 36.4 Å². The molecule has 6 heteroatoms. The van der Waals surface area contributed by atoms with E-state index in [0.717, 1.165) is 13.0 Å². The van der Waals surface area contributed by atoms with Crippen LogP contribution in [-0.2, 0) is 9.84 Å². The van der Waals surface area contributed by atoms with E-state index in [1.165, 1.54) is 0 Å². The molecule has 0 aliphatic carbocycles. The van der Waals surface area contributed by atoms with E-state index in [1.54, 1.807) is 7.05 Å². The summed E-state index contributed by atoms with van der Waals surface area (Å²) < 4.78 is 22.7. The second-order valence-electron chi connectivity index (χ2n) is 6.05. The van der Waals surface area contributed by atoms with Gasteiger partial charge in [0.15, 0.2) is 15.8 Å². The molecule has 0 bridgehead atoms. The molecule has 5 nitrogen and oxygen atoms in total. The van der Waals surface area contributed by atoms with Crippen molar-refractivity contribution in [3.63, 3.8) is 0 Å². The maximum Gasteiger partial charge on any atom is 0.191 e. The van der Waals surface area contributed by atoms with Crippen molar-refractivity contribution in [1.29, 1.82) is 0 Å². The highest BCUT2D eigenvalue weighted by Crippen LogP contribution is 2.17. The summed E-state index contributed by atoms with van der Waals surface area (Å²) in [6.45, 7) is 7.40. The fourth-order valence-corrected chi connectivity index (χ4v) is 3.53. The van der Waals surface area contributed by atoms with E-state index in [1.807, 2.05) is 0 Å². The third kappa shape index (κ3) is 5.71. The molecule has 0 aromatic heterocycles. The van der Waals surface area contributed by atoms with Crippen molar-refractivity contribution < 1.29 is 8.42 Å². The first-order valence-electron chi connectivity index (χ1n) is 6.39. The first-order chi connectivity index (χ1) is 8.22. The highest BCUT2D eigenvalue weighted by atomic mass is 32.2. The second-order valence-corrected chi connectivity index (χ2v) is 8.28. The minimum atomic E-state index is -2.84. The van der Waals surface area contributed by atoms with Gasteiger partial charge in [-0.1, -0.05) is 20.8 Å². The molecule has 1 aliphatic rings. The zero-order valence-corrected chi connectivity index (χ0v) is 12.6. The van der Waals surface area contributed by atoms with Gasteiger partial charge in [0.1, 0.15) is 0 Å². The Kier molecular flexibility index (Phi) is 5.01. The van der Waals surface area contributed by atoms with Crippen LogP contribution < -0.4 is 10.6 Å². The Bertz CT molecular complexity index is 396. The van der Waals surface area contributed by atoms with Gasteiger partial charge < -0.3 is 10.6 Å². The van der Waals surface area contributed by atoms with Gasteiger partial charge in [-0.25, -0.2) is 8.42 Å². The van der Waals surface area contributed by atoms with Gasteiger partial charge in [0, 0.05) is 19.6 Å². The van der Waals surface area contributed by atoms with Gasteiger partial charge in [-0.3, -0.25) is 4.99 Å². The van der Waals surface area contributed by atoms with Crippen LogP contribution in [0.4, 0.5) is 0 Å². The Morgan fingerprint density at radius 3 is 2.50 bits per heavy atom. The van der Waals surface area contributed by atoms with Crippen LogP contribution in [0.25, 0.3) is 0 Å². The molecular weight excluding hydrogens is 250 g/mol. The molecule has 1 atom stereocenters. The molecular formula is C12H25N3O2S. The number of nitrogens with one attached hydrogen (secondary N) is 2. The van der Waals surface area contributed by atoms with Gasteiger partial charge >= 0.3 is 0 Å².